The molecule has 0 bridgehead atoms. The van der Waals surface area contributed by atoms with Gasteiger partial charge in [-0.15, -0.1) is 0 Å². The molecule has 2 aromatic carbocycles. The molecule has 0 radical (unpaired) electrons. The number of ether oxygens (including phenoxy) is 2. The highest BCUT2D eigenvalue weighted by molar-refractivity contribution is 7.19. The lowest BCUT2D eigenvalue weighted by Crippen LogP contribution is -2.25. The average Bonchev–Trinajstić information content (AvgIpc) is 3.24. The van der Waals surface area contributed by atoms with E-state index >= 15 is 0 Å². The van der Waals surface area contributed by atoms with E-state index < -0.39 is 0 Å². The average molecular weight is 437 g/mol. The van der Waals surface area contributed by atoms with E-state index in [0.29, 0.717) is 11.5 Å². The highest BCUT2D eigenvalue weighted by Crippen LogP contribution is 2.26. The van der Waals surface area contributed by atoms with Crippen LogP contribution in [-0.2, 0) is 13.1 Å². The summed E-state index contributed by atoms with van der Waals surface area (Å²) in [6, 6.07) is 17.2. The van der Waals surface area contributed by atoms with Gasteiger partial charge in [0.2, 0.25) is 4.96 Å². The highest BCUT2D eigenvalue weighted by atomic mass is 32.1. The number of aromatic nitrogens is 3. The van der Waals surface area contributed by atoms with E-state index in [-0.39, 0.29) is 5.56 Å². The van der Waals surface area contributed by atoms with Gasteiger partial charge in [-0.2, -0.15) is 9.61 Å². The van der Waals surface area contributed by atoms with Crippen molar-refractivity contribution in [3.63, 3.8) is 0 Å². The minimum atomic E-state index is -0.170. The van der Waals surface area contributed by atoms with E-state index in [4.69, 9.17) is 14.5 Å². The van der Waals surface area contributed by atoms with E-state index in [1.807, 2.05) is 36.4 Å². The van der Waals surface area contributed by atoms with Crippen LogP contribution in [0.15, 0.2) is 59.4 Å². The Bertz CT molecular complexity index is 1220. The third-order valence-corrected chi connectivity index (χ3v) is 5.99. The maximum Gasteiger partial charge on any atom is 0.275 e. The first kappa shape index (κ1) is 21.0. The first-order valence-corrected chi connectivity index (χ1v) is 10.8. The van der Waals surface area contributed by atoms with Crippen molar-refractivity contribution in [2.24, 2.45) is 0 Å². The zero-order chi connectivity index (χ0) is 21.8. The molecule has 0 aliphatic carbocycles. The fourth-order valence-electron chi connectivity index (χ4n) is 3.29. The first-order valence-electron chi connectivity index (χ1n) is 9.99. The van der Waals surface area contributed by atoms with Gasteiger partial charge >= 0.3 is 0 Å². The molecule has 0 fully saturated rings. The molecule has 0 aliphatic heterocycles. The second kappa shape index (κ2) is 9.28. The third-order valence-electron chi connectivity index (χ3n) is 5.03. The maximum atomic E-state index is 12.7. The lowest BCUT2D eigenvalue weighted by Gasteiger charge is -2.20. The SMILES string of the molecule is CCN(Cc1ccc(OC)cc1)Cc1cc(=O)n2nc(-c3ccc(OC)cc3)sc2n1. The standard InChI is InChI=1S/C23H24N4O3S/c1-4-26(14-16-5-9-19(29-2)10-6-16)15-18-13-21(28)27-23(24-18)31-22(25-27)17-7-11-20(30-3)12-8-17/h5-13H,4,14-15H2,1-3H3. The van der Waals surface area contributed by atoms with Gasteiger partial charge in [0.1, 0.15) is 16.5 Å². The van der Waals surface area contributed by atoms with Gasteiger partial charge in [-0.05, 0) is 48.5 Å². The van der Waals surface area contributed by atoms with Crippen LogP contribution in [0.4, 0.5) is 0 Å². The summed E-state index contributed by atoms with van der Waals surface area (Å²) < 4.78 is 11.8. The van der Waals surface area contributed by atoms with Crippen LogP contribution in [-0.4, -0.2) is 40.3 Å². The van der Waals surface area contributed by atoms with Crippen LogP contribution in [0.1, 0.15) is 18.2 Å². The van der Waals surface area contributed by atoms with Crippen LogP contribution in [0.2, 0.25) is 0 Å². The van der Waals surface area contributed by atoms with Gasteiger partial charge in [0.15, 0.2) is 0 Å². The normalized spacial score (nSPS) is 11.2. The van der Waals surface area contributed by atoms with Gasteiger partial charge in [-0.1, -0.05) is 30.4 Å². The smallest absolute Gasteiger partial charge is 0.275 e. The first-order chi connectivity index (χ1) is 15.1. The lowest BCUT2D eigenvalue weighted by molar-refractivity contribution is 0.268. The topological polar surface area (TPSA) is 69.0 Å². The van der Waals surface area contributed by atoms with Gasteiger partial charge < -0.3 is 9.47 Å². The molecule has 0 amide bonds. The molecule has 2 aromatic heterocycles. The van der Waals surface area contributed by atoms with Crippen LogP contribution >= 0.6 is 11.3 Å². The number of benzene rings is 2. The number of methoxy groups -OCH3 is 2. The van der Waals surface area contributed by atoms with Crippen molar-refractivity contribution < 1.29 is 9.47 Å². The van der Waals surface area contributed by atoms with E-state index in [2.05, 4.69) is 29.1 Å². The molecule has 0 unspecified atom stereocenters. The van der Waals surface area contributed by atoms with E-state index in [9.17, 15) is 4.79 Å². The Hall–Kier alpha value is -3.23. The zero-order valence-electron chi connectivity index (χ0n) is 17.7. The Labute approximate surface area is 184 Å². The predicted octanol–water partition coefficient (Wildman–Crippen LogP) is 3.86. The predicted molar refractivity (Wildman–Crippen MR) is 122 cm³/mol. The maximum absolute atomic E-state index is 12.7. The molecule has 0 saturated heterocycles. The van der Waals surface area contributed by atoms with Gasteiger partial charge in [0.05, 0.1) is 19.9 Å². The van der Waals surface area contributed by atoms with Gasteiger partial charge in [0.25, 0.3) is 5.56 Å². The molecule has 31 heavy (non-hydrogen) atoms. The summed E-state index contributed by atoms with van der Waals surface area (Å²) in [6.07, 6.45) is 0. The zero-order valence-corrected chi connectivity index (χ0v) is 18.6. The van der Waals surface area contributed by atoms with Crippen LogP contribution in [0.25, 0.3) is 15.5 Å². The van der Waals surface area contributed by atoms with Crippen molar-refractivity contribution in [2.45, 2.75) is 20.0 Å². The van der Waals surface area contributed by atoms with Crippen LogP contribution in [0.3, 0.4) is 0 Å². The fraction of sp³-hybridized carbons (Fsp3) is 0.261. The summed E-state index contributed by atoms with van der Waals surface area (Å²) in [5.41, 5.74) is 2.67. The Morgan fingerprint density at radius 3 is 2.23 bits per heavy atom. The minimum absolute atomic E-state index is 0.170. The number of hydrogen-bond acceptors (Lipinski definition) is 7. The minimum Gasteiger partial charge on any atom is -0.497 e. The van der Waals surface area contributed by atoms with Gasteiger partial charge in [0, 0.05) is 24.7 Å². The van der Waals surface area contributed by atoms with Crippen LogP contribution < -0.4 is 15.0 Å². The molecule has 7 nitrogen and oxygen atoms in total. The van der Waals surface area contributed by atoms with E-state index in [1.165, 1.54) is 21.4 Å². The molecule has 160 valence electrons. The Kier molecular flexibility index (Phi) is 6.29. The van der Waals surface area contributed by atoms with Crippen molar-refractivity contribution in [3.8, 4) is 22.1 Å². The molecule has 4 aromatic rings. The van der Waals surface area contributed by atoms with Gasteiger partial charge in [-0.3, -0.25) is 9.69 Å². The molecule has 4 rings (SSSR count). The monoisotopic (exact) mass is 436 g/mol. The van der Waals surface area contributed by atoms with Crippen LogP contribution in [0.5, 0.6) is 11.5 Å². The molecule has 8 heteroatoms. The second-order valence-corrected chi connectivity index (χ2v) is 8.02. The lowest BCUT2D eigenvalue weighted by atomic mass is 10.2. The number of hydrogen-bond donors (Lipinski definition) is 0. The molecule has 0 aliphatic rings. The molecular weight excluding hydrogens is 412 g/mol. The molecular formula is C23H24N4O3S. The van der Waals surface area contributed by atoms with Crippen molar-refractivity contribution in [2.75, 3.05) is 20.8 Å². The van der Waals surface area contributed by atoms with Crippen LogP contribution in [0, 0.1) is 0 Å². The van der Waals surface area contributed by atoms with E-state index in [1.54, 1.807) is 20.3 Å². The summed E-state index contributed by atoms with van der Waals surface area (Å²) in [5, 5.41) is 5.20. The molecule has 0 spiro atoms. The summed E-state index contributed by atoms with van der Waals surface area (Å²) in [4.78, 5) is 20.2. The van der Waals surface area contributed by atoms with Crippen molar-refractivity contribution >= 4 is 16.3 Å². The number of nitrogens with zero attached hydrogens (tertiary/aromatic N) is 4. The Morgan fingerprint density at radius 1 is 0.968 bits per heavy atom. The summed E-state index contributed by atoms with van der Waals surface area (Å²) in [7, 11) is 3.29. The van der Waals surface area contributed by atoms with Crippen molar-refractivity contribution in [3.05, 3.63) is 76.2 Å². The molecule has 0 N–H and O–H groups in total. The highest BCUT2D eigenvalue weighted by Gasteiger charge is 2.13. The molecule has 0 atom stereocenters. The Morgan fingerprint density at radius 2 is 1.61 bits per heavy atom. The fourth-order valence-corrected chi connectivity index (χ4v) is 4.21. The third kappa shape index (κ3) is 4.76. The quantitative estimate of drug-likeness (QED) is 0.418. The van der Waals surface area contributed by atoms with Crippen molar-refractivity contribution in [1.29, 1.82) is 0 Å². The molecule has 2 heterocycles. The second-order valence-electron chi connectivity index (χ2n) is 7.07. The largest absolute Gasteiger partial charge is 0.497 e. The summed E-state index contributed by atoms with van der Waals surface area (Å²) >= 11 is 1.40. The Balaban J connectivity index is 1.56. The van der Waals surface area contributed by atoms with Gasteiger partial charge in [-0.25, -0.2) is 4.98 Å². The number of rotatable bonds is 8. The summed E-state index contributed by atoms with van der Waals surface area (Å²) in [6.45, 7) is 4.29. The van der Waals surface area contributed by atoms with Crippen molar-refractivity contribution in [1.82, 2.24) is 19.5 Å². The number of fused-ring (bicyclic) bond motifs is 1. The summed E-state index contributed by atoms with van der Waals surface area (Å²) in [5.74, 6) is 1.61. The van der Waals surface area contributed by atoms with E-state index in [0.717, 1.165) is 40.9 Å². The molecule has 0 saturated carbocycles.